The standard InChI is InChI=1S/C124H86N4/c1-123(2)111-40-17-13-33-106(111)121-105(39-23-42-113(121)123)102-31-15-19-44-115(102)125(91-62-49-79(50-63-91)85-60-73-117-109(76-85)103-32-16-20-45-116(103)127(117)89-26-7-5-8-27-89)92-66-53-83(54-67-92)97-36-22-38-99-101(97)71-58-84-47-48-87(75-108(84)99)88-59-72-104-110-77-86(61-74-118(110)128(120(104)78-88)90-28-9-6-10-29-90)80-51-64-93(65-52-80)126(119-46-24-43-114-122(119)107-34-14-18-41-112(107)124(114,3)4)94-68-55-82(56-69-94)96-35-21-37-98-95-30-12-11-25-81(95)57-70-100(96)98/h5-78H,1-4H3. The summed E-state index contributed by atoms with van der Waals surface area (Å²) >= 11 is 0. The molecule has 0 N–H and O–H groups in total. The fourth-order valence-corrected chi connectivity index (χ4v) is 21.9. The molecule has 23 aromatic rings. The number of fused-ring (bicyclic) bond motifs is 18. The molecule has 0 saturated heterocycles. The van der Waals surface area contributed by atoms with E-state index in [1.54, 1.807) is 0 Å². The zero-order valence-corrected chi connectivity index (χ0v) is 71.5. The Bertz CT molecular complexity index is 8460. The van der Waals surface area contributed by atoms with Crippen LogP contribution in [0.2, 0.25) is 0 Å². The molecule has 2 aliphatic carbocycles. The molecule has 2 aromatic heterocycles. The Labute approximate surface area is 744 Å². The number of nitrogens with zero attached hydrogens (tertiary/aromatic N) is 4. The summed E-state index contributed by atoms with van der Waals surface area (Å²) in [6.07, 6.45) is 0. The molecular formula is C124H86N4. The monoisotopic (exact) mass is 1630 g/mol. The van der Waals surface area contributed by atoms with Gasteiger partial charge in [-0.05, 0) is 271 Å². The highest BCUT2D eigenvalue weighted by molar-refractivity contribution is 6.17. The molecule has 2 heterocycles. The van der Waals surface area contributed by atoms with Gasteiger partial charge in [-0.25, -0.2) is 0 Å². The molecule has 0 fully saturated rings. The van der Waals surface area contributed by atoms with E-state index in [1.165, 1.54) is 159 Å². The maximum Gasteiger partial charge on any atom is 0.0547 e. The largest absolute Gasteiger partial charge is 0.310 e. The molecule has 0 bridgehead atoms. The third-order valence-corrected chi connectivity index (χ3v) is 28.1. The van der Waals surface area contributed by atoms with Crippen LogP contribution in [0.15, 0.2) is 449 Å². The predicted octanol–water partition coefficient (Wildman–Crippen LogP) is 34.0. The summed E-state index contributed by atoms with van der Waals surface area (Å²) < 4.78 is 4.84. The Morgan fingerprint density at radius 2 is 0.523 bits per heavy atom. The van der Waals surface area contributed by atoms with Crippen LogP contribution in [0.1, 0.15) is 49.9 Å². The van der Waals surface area contributed by atoms with Crippen LogP contribution >= 0.6 is 0 Å². The van der Waals surface area contributed by atoms with Gasteiger partial charge in [-0.1, -0.05) is 349 Å². The molecule has 602 valence electrons. The van der Waals surface area contributed by atoms with Crippen LogP contribution in [0.4, 0.5) is 34.1 Å². The first-order valence-electron chi connectivity index (χ1n) is 44.7. The second-order valence-electron chi connectivity index (χ2n) is 35.8. The minimum atomic E-state index is -0.163. The van der Waals surface area contributed by atoms with Crippen molar-refractivity contribution in [2.24, 2.45) is 0 Å². The second-order valence-corrected chi connectivity index (χ2v) is 35.8. The average Bonchev–Trinajstić information content (AvgIpc) is 1.65. The molecule has 4 heteroatoms. The molecule has 2 aliphatic rings. The second kappa shape index (κ2) is 29.3. The fraction of sp³-hybridized carbons (Fsp3) is 0.0484. The molecule has 0 atom stereocenters. The molecule has 128 heavy (non-hydrogen) atoms. The van der Waals surface area contributed by atoms with E-state index in [0.717, 1.165) is 84.3 Å². The Kier molecular flexibility index (Phi) is 17.0. The lowest BCUT2D eigenvalue weighted by Crippen LogP contribution is -2.16. The molecule has 4 nitrogen and oxygen atoms in total. The first-order chi connectivity index (χ1) is 63.0. The summed E-state index contributed by atoms with van der Waals surface area (Å²) in [5.74, 6) is 0. The van der Waals surface area contributed by atoms with E-state index in [4.69, 9.17) is 0 Å². The van der Waals surface area contributed by atoms with Gasteiger partial charge in [0.25, 0.3) is 0 Å². The number of benzene rings is 21. The van der Waals surface area contributed by atoms with Crippen molar-refractivity contribution in [3.8, 4) is 100 Å². The Morgan fingerprint density at radius 1 is 0.180 bits per heavy atom. The first-order valence-corrected chi connectivity index (χ1v) is 44.7. The van der Waals surface area contributed by atoms with Gasteiger partial charge in [0, 0.05) is 77.6 Å². The van der Waals surface area contributed by atoms with Gasteiger partial charge in [0.15, 0.2) is 0 Å². The van der Waals surface area contributed by atoms with Crippen molar-refractivity contribution in [3.63, 3.8) is 0 Å². The molecule has 0 saturated carbocycles. The number of para-hydroxylation sites is 4. The zero-order valence-electron chi connectivity index (χ0n) is 71.5. The van der Waals surface area contributed by atoms with Gasteiger partial charge >= 0.3 is 0 Å². The fourth-order valence-electron chi connectivity index (χ4n) is 21.9. The van der Waals surface area contributed by atoms with Crippen molar-refractivity contribution in [2.75, 3.05) is 9.80 Å². The highest BCUT2D eigenvalue weighted by Crippen LogP contribution is 2.57. The number of rotatable bonds is 14. The van der Waals surface area contributed by atoms with Crippen LogP contribution in [0.5, 0.6) is 0 Å². The lowest BCUT2D eigenvalue weighted by Gasteiger charge is -2.29. The maximum absolute atomic E-state index is 2.48. The molecule has 0 unspecified atom stereocenters. The summed E-state index contributed by atoms with van der Waals surface area (Å²) in [4.78, 5) is 4.94. The van der Waals surface area contributed by atoms with E-state index < -0.39 is 0 Å². The van der Waals surface area contributed by atoms with Gasteiger partial charge in [0.1, 0.15) is 0 Å². The molecule has 0 radical (unpaired) electrons. The van der Waals surface area contributed by atoms with E-state index in [1.807, 2.05) is 0 Å². The Hall–Kier alpha value is -16.1. The highest BCUT2D eigenvalue weighted by Gasteiger charge is 2.40. The van der Waals surface area contributed by atoms with E-state index in [2.05, 4.69) is 496 Å². The molecule has 0 amide bonds. The lowest BCUT2D eigenvalue weighted by atomic mass is 9.82. The minimum absolute atomic E-state index is 0.150. The number of hydrogen-bond acceptors (Lipinski definition) is 2. The quantitative estimate of drug-likeness (QED) is 0.101. The van der Waals surface area contributed by atoms with Crippen molar-refractivity contribution in [1.29, 1.82) is 0 Å². The molecule has 25 rings (SSSR count). The topological polar surface area (TPSA) is 16.3 Å². The average molecular weight is 1630 g/mol. The van der Waals surface area contributed by atoms with E-state index in [-0.39, 0.29) is 10.8 Å². The van der Waals surface area contributed by atoms with Gasteiger partial charge in [-0.2, -0.15) is 0 Å². The molecule has 0 spiro atoms. The van der Waals surface area contributed by atoms with Crippen LogP contribution in [0.25, 0.3) is 187 Å². The third-order valence-electron chi connectivity index (χ3n) is 28.1. The van der Waals surface area contributed by atoms with Crippen molar-refractivity contribution in [1.82, 2.24) is 9.13 Å². The smallest absolute Gasteiger partial charge is 0.0547 e. The predicted molar refractivity (Wildman–Crippen MR) is 542 cm³/mol. The van der Waals surface area contributed by atoms with Crippen LogP contribution < -0.4 is 9.80 Å². The van der Waals surface area contributed by atoms with Crippen LogP contribution in [0, 0.1) is 0 Å². The van der Waals surface area contributed by atoms with Gasteiger partial charge in [-0.3, -0.25) is 0 Å². The number of hydrogen-bond donors (Lipinski definition) is 0. The highest BCUT2D eigenvalue weighted by atomic mass is 15.2. The van der Waals surface area contributed by atoms with Gasteiger partial charge in [0.2, 0.25) is 0 Å². The SMILES string of the molecule is CC1(C)c2ccccc2-c2c(-c3ccccc3N(c3ccc(-c4ccc5c(c4)c4ccccc4n5-c4ccccc4)cc3)c3ccc(-c4cccc5c4ccc4ccc(-c6ccc7c8cc(-c9ccc(N(c%10ccc(-c%11cccc%12c%11ccc%11ccccc%11%12)cc%10)c%10cccc%11c%10-c%10ccccc%10C%11(C)C)cc9)ccc8n(-c8ccccc8)c7c6)cc45)cc3)cccc21. The van der Waals surface area contributed by atoms with Crippen molar-refractivity contribution in [2.45, 2.75) is 38.5 Å². The summed E-state index contributed by atoms with van der Waals surface area (Å²) in [6.45, 7) is 9.48. The maximum atomic E-state index is 2.48. The molecule has 0 aliphatic heterocycles. The van der Waals surface area contributed by atoms with E-state index >= 15 is 0 Å². The Morgan fingerprint density at radius 3 is 1.12 bits per heavy atom. The normalized spacial score (nSPS) is 13.0. The third kappa shape index (κ3) is 11.8. The van der Waals surface area contributed by atoms with Crippen molar-refractivity contribution < 1.29 is 0 Å². The molecular weight excluding hydrogens is 1550 g/mol. The Balaban J connectivity index is 0.558. The van der Waals surface area contributed by atoms with E-state index in [0.29, 0.717) is 0 Å². The van der Waals surface area contributed by atoms with Crippen LogP contribution in [-0.2, 0) is 10.8 Å². The summed E-state index contributed by atoms with van der Waals surface area (Å²) in [5.41, 5.74) is 38.0. The first kappa shape index (κ1) is 74.5. The van der Waals surface area contributed by atoms with Crippen LogP contribution in [0.3, 0.4) is 0 Å². The van der Waals surface area contributed by atoms with Crippen LogP contribution in [-0.4, -0.2) is 9.13 Å². The van der Waals surface area contributed by atoms with E-state index in [9.17, 15) is 0 Å². The van der Waals surface area contributed by atoms with Gasteiger partial charge < -0.3 is 18.9 Å². The summed E-state index contributed by atoms with van der Waals surface area (Å²) in [6, 6.07) is 168. The number of aromatic nitrogens is 2. The summed E-state index contributed by atoms with van der Waals surface area (Å²) in [7, 11) is 0. The number of anilines is 6. The molecule has 21 aromatic carbocycles. The van der Waals surface area contributed by atoms with Gasteiger partial charge in [0.05, 0.1) is 33.4 Å². The van der Waals surface area contributed by atoms with Crippen molar-refractivity contribution >= 4 is 121 Å². The van der Waals surface area contributed by atoms with Gasteiger partial charge in [-0.15, -0.1) is 0 Å². The minimum Gasteiger partial charge on any atom is -0.310 e. The summed E-state index contributed by atoms with van der Waals surface area (Å²) in [5, 5.41) is 14.8. The zero-order chi connectivity index (χ0) is 85.0. The lowest BCUT2D eigenvalue weighted by molar-refractivity contribution is 0.660. The van der Waals surface area contributed by atoms with Crippen molar-refractivity contribution in [3.05, 3.63) is 471 Å².